The Morgan fingerprint density at radius 3 is 2.26 bits per heavy atom. The molecule has 0 aromatic heterocycles. The fourth-order valence-corrected chi connectivity index (χ4v) is 4.61. The average Bonchev–Trinajstić information content (AvgIpc) is 2.94. The van der Waals surface area contributed by atoms with Gasteiger partial charge in [-0.15, -0.1) is 0 Å². The highest BCUT2D eigenvalue weighted by Gasteiger charge is 2.28. The van der Waals surface area contributed by atoms with Crippen LogP contribution in [0.5, 0.6) is 5.75 Å². The van der Waals surface area contributed by atoms with Gasteiger partial charge in [0.05, 0.1) is 19.2 Å². The number of carbonyl (C=O) groups is 3. The Morgan fingerprint density at radius 1 is 0.974 bits per heavy atom. The second-order valence-corrected chi connectivity index (χ2v) is 9.21. The number of nitrogens with zero attached hydrogens (tertiary/aromatic N) is 2. The van der Waals surface area contributed by atoms with E-state index in [1.807, 2.05) is 30.3 Å². The van der Waals surface area contributed by atoms with Gasteiger partial charge in [0.1, 0.15) is 0 Å². The second kappa shape index (κ2) is 11.9. The van der Waals surface area contributed by atoms with Gasteiger partial charge in [-0.1, -0.05) is 30.3 Å². The molecule has 38 heavy (non-hydrogen) atoms. The third-order valence-corrected chi connectivity index (χ3v) is 6.68. The quantitative estimate of drug-likeness (QED) is 0.489. The summed E-state index contributed by atoms with van der Waals surface area (Å²) < 4.78 is 32.5. The molecule has 1 N–H and O–H groups in total. The van der Waals surface area contributed by atoms with Crippen molar-refractivity contribution in [1.82, 2.24) is 9.80 Å². The maximum absolute atomic E-state index is 14.0. The van der Waals surface area contributed by atoms with Crippen LogP contribution < -0.4 is 10.1 Å². The summed E-state index contributed by atoms with van der Waals surface area (Å²) in [5.74, 6) is -3.34. The van der Waals surface area contributed by atoms with Crippen LogP contribution in [-0.2, 0) is 4.79 Å². The van der Waals surface area contributed by atoms with Crippen LogP contribution in [0.4, 0.5) is 14.5 Å². The summed E-state index contributed by atoms with van der Waals surface area (Å²) in [6.45, 7) is 0.850. The summed E-state index contributed by atoms with van der Waals surface area (Å²) in [6, 6.07) is 18.5. The fourth-order valence-electron chi connectivity index (χ4n) is 4.61. The Hall–Kier alpha value is -4.27. The fraction of sp³-hybridized carbons (Fsp3) is 0.276. The Morgan fingerprint density at radius 2 is 1.63 bits per heavy atom. The standard InChI is InChI=1S/C29H29F2N3O4/c1-33(28(36)21-6-4-3-5-7-21)18-25(35)32-22-10-8-19(9-11-22)20-14-16-34(17-15-20)29(37)23-12-13-24(30)26(31)27(23)38-2/h3-13,20H,14-18H2,1-2H3,(H,32,35). The summed E-state index contributed by atoms with van der Waals surface area (Å²) in [5, 5.41) is 2.81. The molecule has 0 radical (unpaired) electrons. The molecule has 0 spiro atoms. The van der Waals surface area contributed by atoms with E-state index in [-0.39, 0.29) is 35.6 Å². The lowest BCUT2D eigenvalue weighted by Gasteiger charge is -2.32. The molecule has 1 saturated heterocycles. The third kappa shape index (κ3) is 5.99. The van der Waals surface area contributed by atoms with Gasteiger partial charge in [-0.2, -0.15) is 4.39 Å². The first-order valence-corrected chi connectivity index (χ1v) is 12.3. The van der Waals surface area contributed by atoms with Crippen molar-refractivity contribution in [2.24, 2.45) is 0 Å². The predicted octanol–water partition coefficient (Wildman–Crippen LogP) is 4.70. The first kappa shape index (κ1) is 26.8. The van der Waals surface area contributed by atoms with Crippen molar-refractivity contribution >= 4 is 23.4 Å². The van der Waals surface area contributed by atoms with Gasteiger partial charge in [-0.25, -0.2) is 4.39 Å². The van der Waals surface area contributed by atoms with E-state index in [1.165, 1.54) is 18.1 Å². The van der Waals surface area contributed by atoms with Crippen LogP contribution in [0.3, 0.4) is 0 Å². The molecule has 7 nitrogen and oxygen atoms in total. The van der Waals surface area contributed by atoms with Crippen LogP contribution in [0.25, 0.3) is 0 Å². The number of benzene rings is 3. The smallest absolute Gasteiger partial charge is 0.257 e. The van der Waals surface area contributed by atoms with E-state index in [1.54, 1.807) is 36.2 Å². The number of likely N-dealkylation sites (N-methyl/N-ethyl adjacent to an activating group) is 1. The van der Waals surface area contributed by atoms with Gasteiger partial charge >= 0.3 is 0 Å². The molecule has 198 valence electrons. The predicted molar refractivity (Wildman–Crippen MR) is 139 cm³/mol. The molecule has 1 aliphatic heterocycles. The molecule has 0 atom stereocenters. The van der Waals surface area contributed by atoms with E-state index in [4.69, 9.17) is 4.74 Å². The van der Waals surface area contributed by atoms with Gasteiger partial charge in [0, 0.05) is 31.4 Å². The van der Waals surface area contributed by atoms with Gasteiger partial charge in [0.2, 0.25) is 11.7 Å². The number of amides is 3. The number of hydrogen-bond acceptors (Lipinski definition) is 4. The summed E-state index contributed by atoms with van der Waals surface area (Å²) in [4.78, 5) is 40.8. The number of anilines is 1. The molecule has 9 heteroatoms. The largest absolute Gasteiger partial charge is 0.493 e. The molecule has 0 saturated carbocycles. The van der Waals surface area contributed by atoms with Crippen molar-refractivity contribution in [3.63, 3.8) is 0 Å². The molecular formula is C29H29F2N3O4. The van der Waals surface area contributed by atoms with Crippen molar-refractivity contribution in [3.05, 3.63) is 95.1 Å². The summed E-state index contributed by atoms with van der Waals surface area (Å²) in [6.07, 6.45) is 1.41. The molecule has 0 bridgehead atoms. The van der Waals surface area contributed by atoms with Crippen molar-refractivity contribution < 1.29 is 27.9 Å². The lowest BCUT2D eigenvalue weighted by Crippen LogP contribution is -2.38. The summed E-state index contributed by atoms with van der Waals surface area (Å²) >= 11 is 0. The number of carbonyl (C=O) groups excluding carboxylic acids is 3. The molecule has 4 rings (SSSR count). The molecule has 3 aromatic carbocycles. The number of halogens is 2. The molecule has 1 aliphatic rings. The Bertz CT molecular complexity index is 1310. The number of ether oxygens (including phenoxy) is 1. The van der Waals surface area contributed by atoms with E-state index < -0.39 is 17.5 Å². The number of rotatable bonds is 7. The molecule has 1 fully saturated rings. The van der Waals surface area contributed by atoms with Gasteiger partial charge in [0.25, 0.3) is 11.8 Å². The van der Waals surface area contributed by atoms with E-state index >= 15 is 0 Å². The van der Waals surface area contributed by atoms with Gasteiger partial charge < -0.3 is 19.9 Å². The zero-order valence-corrected chi connectivity index (χ0v) is 21.2. The topological polar surface area (TPSA) is 79.0 Å². The minimum absolute atomic E-state index is 0.000979. The first-order valence-electron chi connectivity index (χ1n) is 12.3. The van der Waals surface area contributed by atoms with E-state index in [0.717, 1.165) is 11.6 Å². The normalized spacial score (nSPS) is 13.6. The second-order valence-electron chi connectivity index (χ2n) is 9.21. The number of hydrogen-bond donors (Lipinski definition) is 1. The summed E-state index contributed by atoms with van der Waals surface area (Å²) in [5.41, 5.74) is 2.22. The number of methoxy groups -OCH3 is 1. The number of likely N-dealkylation sites (tertiary alicyclic amines) is 1. The van der Waals surface area contributed by atoms with Crippen LogP contribution in [0.1, 0.15) is 45.0 Å². The molecule has 0 aliphatic carbocycles. The van der Waals surface area contributed by atoms with Crippen molar-refractivity contribution in [2.75, 3.05) is 39.1 Å². The lowest BCUT2D eigenvalue weighted by atomic mass is 9.89. The Kier molecular flexibility index (Phi) is 8.35. The maximum atomic E-state index is 14.0. The zero-order valence-electron chi connectivity index (χ0n) is 21.2. The molecule has 0 unspecified atom stereocenters. The highest BCUT2D eigenvalue weighted by atomic mass is 19.2. The van der Waals surface area contributed by atoms with Crippen LogP contribution >= 0.6 is 0 Å². The van der Waals surface area contributed by atoms with Crippen LogP contribution in [0.2, 0.25) is 0 Å². The van der Waals surface area contributed by atoms with Crippen molar-refractivity contribution in [2.45, 2.75) is 18.8 Å². The third-order valence-electron chi connectivity index (χ3n) is 6.68. The van der Waals surface area contributed by atoms with E-state index in [0.29, 0.717) is 37.2 Å². The summed E-state index contributed by atoms with van der Waals surface area (Å²) in [7, 11) is 2.78. The highest BCUT2D eigenvalue weighted by Crippen LogP contribution is 2.31. The number of nitrogens with one attached hydrogen (secondary N) is 1. The maximum Gasteiger partial charge on any atom is 0.257 e. The Labute approximate surface area is 220 Å². The molecule has 3 aromatic rings. The molecule has 3 amide bonds. The van der Waals surface area contributed by atoms with Crippen molar-refractivity contribution in [1.29, 1.82) is 0 Å². The van der Waals surface area contributed by atoms with E-state index in [9.17, 15) is 23.2 Å². The molecule has 1 heterocycles. The van der Waals surface area contributed by atoms with Crippen LogP contribution in [-0.4, -0.2) is 61.3 Å². The monoisotopic (exact) mass is 521 g/mol. The van der Waals surface area contributed by atoms with Gasteiger partial charge in [0.15, 0.2) is 11.6 Å². The Balaban J connectivity index is 1.30. The van der Waals surface area contributed by atoms with Crippen LogP contribution in [0, 0.1) is 11.6 Å². The lowest BCUT2D eigenvalue weighted by molar-refractivity contribution is -0.116. The van der Waals surface area contributed by atoms with Crippen molar-refractivity contribution in [3.8, 4) is 5.75 Å². The highest BCUT2D eigenvalue weighted by molar-refractivity contribution is 5.99. The van der Waals surface area contributed by atoms with E-state index in [2.05, 4.69) is 5.32 Å². The first-order chi connectivity index (χ1) is 18.3. The average molecular weight is 522 g/mol. The zero-order chi connectivity index (χ0) is 27.2. The molecular weight excluding hydrogens is 492 g/mol. The van der Waals surface area contributed by atoms with Crippen LogP contribution in [0.15, 0.2) is 66.7 Å². The van der Waals surface area contributed by atoms with Gasteiger partial charge in [-0.3, -0.25) is 14.4 Å². The van der Waals surface area contributed by atoms with Gasteiger partial charge in [-0.05, 0) is 60.7 Å². The SMILES string of the molecule is COc1c(C(=O)N2CCC(c3ccc(NC(=O)CN(C)C(=O)c4ccccc4)cc3)CC2)ccc(F)c1F. The minimum Gasteiger partial charge on any atom is -0.493 e. The number of piperidine rings is 1. The minimum atomic E-state index is -1.17.